The van der Waals surface area contributed by atoms with Crippen LogP contribution in [0.15, 0.2) is 47.5 Å². The van der Waals surface area contributed by atoms with Crippen molar-refractivity contribution in [3.63, 3.8) is 0 Å². The molecular formula is C26H29N5O3S. The minimum atomic E-state index is -0.386. The van der Waals surface area contributed by atoms with Crippen LogP contribution in [0.5, 0.6) is 0 Å². The molecule has 2 fully saturated rings. The minimum absolute atomic E-state index is 0.0848. The van der Waals surface area contributed by atoms with Gasteiger partial charge < -0.3 is 15.4 Å². The molecule has 1 aliphatic heterocycles. The molecule has 5 rings (SSSR count). The predicted octanol–water partition coefficient (Wildman–Crippen LogP) is 3.94. The quantitative estimate of drug-likeness (QED) is 0.500. The standard InChI is InChI=1S/C26H29N5O3S/c1-34-22-11-6-16-4-2-3-5-20(16)21(22)15-28-17-7-9-18(10-8-17)29-25-27-13-12-19(30-25)14-23-24(32)31-26(33)35-23/h2-6,11-14,17-18,21-22,28H,7-10,15H2,1H3,(H,27,29,30)(H,31,32,33)/b23-14-. The third-order valence-electron chi connectivity index (χ3n) is 6.81. The summed E-state index contributed by atoms with van der Waals surface area (Å²) >= 11 is 0.885. The van der Waals surface area contributed by atoms with Gasteiger partial charge in [-0.05, 0) is 60.7 Å². The van der Waals surface area contributed by atoms with Gasteiger partial charge in [0.15, 0.2) is 0 Å². The lowest BCUT2D eigenvalue weighted by atomic mass is 9.84. The zero-order valence-corrected chi connectivity index (χ0v) is 20.4. The van der Waals surface area contributed by atoms with Crippen LogP contribution < -0.4 is 16.0 Å². The number of amides is 2. The molecule has 2 unspecified atom stereocenters. The lowest BCUT2D eigenvalue weighted by Gasteiger charge is -2.33. The van der Waals surface area contributed by atoms with Crippen molar-refractivity contribution in [2.24, 2.45) is 0 Å². The molecule has 3 N–H and O–H groups in total. The van der Waals surface area contributed by atoms with E-state index in [1.54, 1.807) is 25.4 Å². The van der Waals surface area contributed by atoms with Crippen LogP contribution in [0.4, 0.5) is 10.7 Å². The van der Waals surface area contributed by atoms with Crippen molar-refractivity contribution in [3.05, 3.63) is 64.3 Å². The Balaban J connectivity index is 1.13. The number of nitrogens with one attached hydrogen (secondary N) is 3. The molecule has 3 aliphatic rings. The van der Waals surface area contributed by atoms with E-state index in [4.69, 9.17) is 4.74 Å². The van der Waals surface area contributed by atoms with Gasteiger partial charge in [-0.15, -0.1) is 0 Å². The van der Waals surface area contributed by atoms with Crippen molar-refractivity contribution >= 4 is 41.0 Å². The summed E-state index contributed by atoms with van der Waals surface area (Å²) in [5, 5.41) is 9.12. The number of thioether (sulfide) groups is 1. The maximum absolute atomic E-state index is 11.8. The van der Waals surface area contributed by atoms with Gasteiger partial charge in [0, 0.05) is 37.9 Å². The van der Waals surface area contributed by atoms with E-state index >= 15 is 0 Å². The number of benzene rings is 1. The molecule has 9 heteroatoms. The summed E-state index contributed by atoms with van der Waals surface area (Å²) in [6.45, 7) is 0.885. The van der Waals surface area contributed by atoms with Crippen LogP contribution in [-0.4, -0.2) is 53.0 Å². The maximum atomic E-state index is 11.8. The first kappa shape index (κ1) is 23.7. The highest BCUT2D eigenvalue weighted by Crippen LogP contribution is 2.32. The molecule has 0 spiro atoms. The Bertz CT molecular complexity index is 1160. The van der Waals surface area contributed by atoms with Crippen LogP contribution in [0.25, 0.3) is 12.2 Å². The number of hydrogen-bond donors (Lipinski definition) is 3. The molecule has 8 nitrogen and oxygen atoms in total. The number of hydrogen-bond acceptors (Lipinski definition) is 8. The first-order chi connectivity index (χ1) is 17.1. The van der Waals surface area contributed by atoms with Crippen molar-refractivity contribution in [3.8, 4) is 0 Å². The summed E-state index contributed by atoms with van der Waals surface area (Å²) in [5.41, 5.74) is 3.21. The number of anilines is 1. The zero-order chi connectivity index (χ0) is 24.2. The first-order valence-corrected chi connectivity index (χ1v) is 12.8. The third kappa shape index (κ3) is 5.63. The van der Waals surface area contributed by atoms with Crippen LogP contribution in [-0.2, 0) is 9.53 Å². The average Bonchev–Trinajstić information content (AvgIpc) is 3.19. The fourth-order valence-corrected chi connectivity index (χ4v) is 5.64. The van der Waals surface area contributed by atoms with E-state index in [9.17, 15) is 9.59 Å². The highest BCUT2D eigenvalue weighted by atomic mass is 32.2. The summed E-state index contributed by atoms with van der Waals surface area (Å²) in [7, 11) is 1.78. The fraction of sp³-hybridized carbons (Fsp3) is 0.385. The van der Waals surface area contributed by atoms with Crippen molar-refractivity contribution in [1.82, 2.24) is 20.6 Å². The minimum Gasteiger partial charge on any atom is -0.377 e. The smallest absolute Gasteiger partial charge is 0.290 e. The number of methoxy groups -OCH3 is 1. The summed E-state index contributed by atoms with van der Waals surface area (Å²) in [4.78, 5) is 32.3. The van der Waals surface area contributed by atoms with E-state index < -0.39 is 0 Å². The first-order valence-electron chi connectivity index (χ1n) is 12.0. The average molecular weight is 492 g/mol. The molecule has 0 bridgehead atoms. The lowest BCUT2D eigenvalue weighted by Crippen LogP contribution is -2.41. The van der Waals surface area contributed by atoms with Crippen LogP contribution >= 0.6 is 11.8 Å². The van der Waals surface area contributed by atoms with Gasteiger partial charge >= 0.3 is 0 Å². The van der Waals surface area contributed by atoms with Gasteiger partial charge in [-0.25, -0.2) is 9.97 Å². The molecule has 2 aromatic rings. The molecule has 2 amide bonds. The van der Waals surface area contributed by atoms with E-state index in [1.807, 2.05) is 0 Å². The van der Waals surface area contributed by atoms with Crippen molar-refractivity contribution in [2.75, 3.05) is 19.0 Å². The normalized spacial score (nSPS) is 27.1. The largest absolute Gasteiger partial charge is 0.377 e. The van der Waals surface area contributed by atoms with Gasteiger partial charge in [0.1, 0.15) is 0 Å². The Morgan fingerprint density at radius 2 is 1.94 bits per heavy atom. The van der Waals surface area contributed by atoms with Crippen LogP contribution in [0.1, 0.15) is 48.4 Å². The second-order valence-corrected chi connectivity index (χ2v) is 10.1. The second kappa shape index (κ2) is 10.7. The number of carbonyl (C=O) groups is 2. The topological polar surface area (TPSA) is 105 Å². The number of aromatic nitrogens is 2. The van der Waals surface area contributed by atoms with Crippen LogP contribution in [0.2, 0.25) is 0 Å². The van der Waals surface area contributed by atoms with Gasteiger partial charge in [-0.1, -0.05) is 36.4 Å². The van der Waals surface area contributed by atoms with E-state index in [1.165, 1.54) is 11.1 Å². The second-order valence-electron chi connectivity index (χ2n) is 9.05. The Hall–Kier alpha value is -3.01. The van der Waals surface area contributed by atoms with Gasteiger partial charge in [-0.2, -0.15) is 0 Å². The molecule has 0 radical (unpaired) electrons. The molecule has 1 aromatic heterocycles. The van der Waals surface area contributed by atoms with Gasteiger partial charge in [-0.3, -0.25) is 14.9 Å². The van der Waals surface area contributed by atoms with E-state index in [-0.39, 0.29) is 17.3 Å². The summed E-state index contributed by atoms with van der Waals surface area (Å²) in [6.07, 6.45) is 11.9. The highest BCUT2D eigenvalue weighted by molar-refractivity contribution is 8.18. The van der Waals surface area contributed by atoms with E-state index in [2.05, 4.69) is 62.3 Å². The van der Waals surface area contributed by atoms with Gasteiger partial charge in [0.25, 0.3) is 11.1 Å². The Morgan fingerprint density at radius 1 is 1.14 bits per heavy atom. The van der Waals surface area contributed by atoms with Crippen LogP contribution in [0, 0.1) is 0 Å². The summed E-state index contributed by atoms with van der Waals surface area (Å²) in [6, 6.07) is 11.0. The Morgan fingerprint density at radius 3 is 2.71 bits per heavy atom. The maximum Gasteiger partial charge on any atom is 0.290 e. The predicted molar refractivity (Wildman–Crippen MR) is 138 cm³/mol. The summed E-state index contributed by atoms with van der Waals surface area (Å²) < 4.78 is 5.75. The summed E-state index contributed by atoms with van der Waals surface area (Å²) in [5.74, 6) is 0.459. The Kier molecular flexibility index (Phi) is 7.26. The van der Waals surface area contributed by atoms with Crippen molar-refractivity contribution in [2.45, 2.75) is 49.8 Å². The molecule has 2 heterocycles. The lowest BCUT2D eigenvalue weighted by molar-refractivity contribution is -0.115. The number of fused-ring (bicyclic) bond motifs is 1. The number of imide groups is 1. The van der Waals surface area contributed by atoms with E-state index in [0.717, 1.165) is 44.0 Å². The molecule has 35 heavy (non-hydrogen) atoms. The van der Waals surface area contributed by atoms with E-state index in [0.29, 0.717) is 34.5 Å². The monoisotopic (exact) mass is 491 g/mol. The van der Waals surface area contributed by atoms with Gasteiger partial charge in [0.05, 0.1) is 16.7 Å². The molecular weight excluding hydrogens is 462 g/mol. The molecule has 1 aromatic carbocycles. The Labute approximate surface area is 209 Å². The molecule has 1 saturated carbocycles. The fourth-order valence-electron chi connectivity index (χ4n) is 4.97. The highest BCUT2D eigenvalue weighted by Gasteiger charge is 2.28. The zero-order valence-electron chi connectivity index (χ0n) is 19.6. The third-order valence-corrected chi connectivity index (χ3v) is 7.63. The molecule has 2 aliphatic carbocycles. The molecule has 2 atom stereocenters. The number of rotatable bonds is 7. The van der Waals surface area contributed by atoms with Crippen LogP contribution in [0.3, 0.4) is 0 Å². The molecule has 1 saturated heterocycles. The van der Waals surface area contributed by atoms with Crippen molar-refractivity contribution in [1.29, 1.82) is 0 Å². The SMILES string of the molecule is COC1C=Cc2ccccc2C1CNC1CCC(Nc2nccc(/C=C3\SC(=O)NC3=O)n2)CC1. The molecule has 182 valence electrons. The number of ether oxygens (including phenoxy) is 1. The van der Waals surface area contributed by atoms with Crippen molar-refractivity contribution < 1.29 is 14.3 Å². The number of nitrogens with zero attached hydrogens (tertiary/aromatic N) is 2. The van der Waals surface area contributed by atoms with Gasteiger partial charge in [0.2, 0.25) is 5.95 Å². The number of carbonyl (C=O) groups excluding carboxylic acids is 2.